The Bertz CT molecular complexity index is 291. The predicted octanol–water partition coefficient (Wildman–Crippen LogP) is -0.554. The van der Waals surface area contributed by atoms with Crippen LogP contribution in [0.4, 0.5) is 0 Å². The Balaban J connectivity index is 3.50. The first-order chi connectivity index (χ1) is 4.66. The molecule has 4 heteroatoms. The summed E-state index contributed by atoms with van der Waals surface area (Å²) in [5.41, 5.74) is 1.92. The lowest BCUT2D eigenvalue weighted by atomic mass is 10.5. The third kappa shape index (κ3) is 0.814. The normalized spacial score (nSPS) is 12.5. The van der Waals surface area contributed by atoms with Crippen molar-refractivity contribution in [3.63, 3.8) is 0 Å². The van der Waals surface area contributed by atoms with E-state index in [1.165, 1.54) is 0 Å². The summed E-state index contributed by atoms with van der Waals surface area (Å²) in [7, 11) is 3.85. The third-order valence-corrected chi connectivity index (χ3v) is 1.64. The second-order valence-corrected chi connectivity index (χ2v) is 2.37. The zero-order chi connectivity index (χ0) is 7.72. The second kappa shape index (κ2) is 2.21. The van der Waals surface area contributed by atoms with Gasteiger partial charge in [-0.15, -0.1) is 5.10 Å². The van der Waals surface area contributed by atoms with Crippen molar-refractivity contribution < 1.29 is 0 Å². The van der Waals surface area contributed by atoms with Gasteiger partial charge in [0.15, 0.2) is 0 Å². The van der Waals surface area contributed by atoms with Gasteiger partial charge in [0.2, 0.25) is 5.62 Å². The van der Waals surface area contributed by atoms with Crippen molar-refractivity contribution in [2.24, 2.45) is 25.0 Å². The molecule has 56 valence electrons. The van der Waals surface area contributed by atoms with Gasteiger partial charge in [-0.3, -0.25) is 0 Å². The molecule has 10 heavy (non-hydrogen) atoms. The molecule has 0 aliphatic heterocycles. The predicted molar refractivity (Wildman–Crippen MR) is 38.9 cm³/mol. The molecule has 0 radical (unpaired) electrons. The summed E-state index contributed by atoms with van der Waals surface area (Å²) >= 11 is 0. The van der Waals surface area contributed by atoms with E-state index < -0.39 is 0 Å². The summed E-state index contributed by atoms with van der Waals surface area (Å²) in [5, 5.41) is 3.62. The molecule has 0 saturated carbocycles. The van der Waals surface area contributed by atoms with Gasteiger partial charge in [-0.25, -0.2) is 0 Å². The summed E-state index contributed by atoms with van der Waals surface area (Å²) < 4.78 is 3.81. The molecule has 0 aliphatic carbocycles. The quantitative estimate of drug-likeness (QED) is 0.381. The van der Waals surface area contributed by atoms with Crippen LogP contribution in [0.2, 0.25) is 0 Å². The highest BCUT2D eigenvalue weighted by atomic mass is 15.3. The molecule has 2 N–H and O–H groups in total. The lowest BCUT2D eigenvalue weighted by Gasteiger charge is -1.92. The monoisotopic (exact) mass is 140 g/mol. The molecule has 0 atom stereocenters. The van der Waals surface area contributed by atoms with Crippen molar-refractivity contribution in [2.45, 2.75) is 6.92 Å². The van der Waals surface area contributed by atoms with Crippen LogP contribution in [0.1, 0.15) is 5.69 Å². The van der Waals surface area contributed by atoms with E-state index in [-0.39, 0.29) is 0 Å². The van der Waals surface area contributed by atoms with Crippen molar-refractivity contribution in [1.82, 2.24) is 9.13 Å². The fourth-order valence-corrected chi connectivity index (χ4v) is 0.997. The maximum Gasteiger partial charge on any atom is 0.226 e. The minimum Gasteiger partial charge on any atom is -0.320 e. The van der Waals surface area contributed by atoms with Crippen molar-refractivity contribution in [1.29, 1.82) is 0 Å². The summed E-state index contributed by atoms with van der Waals surface area (Å²) in [6.45, 7) is 2.01. The highest BCUT2D eigenvalue weighted by molar-refractivity contribution is 4.94. The first kappa shape index (κ1) is 6.92. The van der Waals surface area contributed by atoms with Gasteiger partial charge in [-0.2, -0.15) is 0 Å². The van der Waals surface area contributed by atoms with Crippen LogP contribution in [0.3, 0.4) is 0 Å². The third-order valence-electron chi connectivity index (χ3n) is 1.64. The molecule has 0 aliphatic rings. The minimum atomic E-state index is 0.775. The van der Waals surface area contributed by atoms with Gasteiger partial charge in [0.25, 0.3) is 0 Å². The highest BCUT2D eigenvalue weighted by Gasteiger charge is 1.96. The van der Waals surface area contributed by atoms with Crippen LogP contribution in [-0.2, 0) is 14.1 Å². The fraction of sp³-hybridized carbons (Fsp3) is 0.500. The van der Waals surface area contributed by atoms with Gasteiger partial charge < -0.3 is 15.0 Å². The van der Waals surface area contributed by atoms with E-state index in [1.807, 2.05) is 36.4 Å². The standard InChI is InChI=1S/C6H12N4/c1-5-4-9(2)6(8-7)10(5)3/h4H,7H2,1-3H3. The average Bonchev–Trinajstić information content (AvgIpc) is 2.09. The average molecular weight is 140 g/mol. The fourth-order valence-electron chi connectivity index (χ4n) is 0.997. The van der Waals surface area contributed by atoms with E-state index >= 15 is 0 Å². The number of imidazole rings is 1. The van der Waals surface area contributed by atoms with Crippen LogP contribution >= 0.6 is 0 Å². The Morgan fingerprint density at radius 2 is 2.10 bits per heavy atom. The maximum atomic E-state index is 5.15. The highest BCUT2D eigenvalue weighted by Crippen LogP contribution is 1.88. The molecule has 1 aromatic heterocycles. The van der Waals surface area contributed by atoms with E-state index in [2.05, 4.69) is 5.10 Å². The van der Waals surface area contributed by atoms with Gasteiger partial charge in [0, 0.05) is 26.0 Å². The lowest BCUT2D eigenvalue weighted by Crippen LogP contribution is -2.24. The summed E-state index contributed by atoms with van der Waals surface area (Å²) in [6, 6.07) is 0. The molecular formula is C6H12N4. The second-order valence-electron chi connectivity index (χ2n) is 2.37. The molecule has 0 bridgehead atoms. The molecule has 1 rings (SSSR count). The SMILES string of the molecule is Cc1cn(C)c(=NN)n1C. The summed E-state index contributed by atoms with van der Waals surface area (Å²) in [5.74, 6) is 5.15. The van der Waals surface area contributed by atoms with E-state index in [9.17, 15) is 0 Å². The van der Waals surface area contributed by atoms with E-state index in [4.69, 9.17) is 5.84 Å². The Morgan fingerprint density at radius 3 is 2.30 bits per heavy atom. The Labute approximate surface area is 59.6 Å². The van der Waals surface area contributed by atoms with Crippen LogP contribution in [0.5, 0.6) is 0 Å². The largest absolute Gasteiger partial charge is 0.320 e. The van der Waals surface area contributed by atoms with Gasteiger partial charge in [-0.05, 0) is 6.92 Å². The Hall–Kier alpha value is -1.19. The van der Waals surface area contributed by atoms with Crippen LogP contribution in [-0.4, -0.2) is 9.13 Å². The number of hydrogen-bond donors (Lipinski definition) is 1. The van der Waals surface area contributed by atoms with Crippen molar-refractivity contribution in [3.8, 4) is 0 Å². The molecular weight excluding hydrogens is 128 g/mol. The number of nitrogens with two attached hydrogens (primary N) is 1. The molecule has 0 fully saturated rings. The summed E-state index contributed by atoms with van der Waals surface area (Å²) in [6.07, 6.45) is 1.98. The molecule has 0 unspecified atom stereocenters. The Morgan fingerprint density at radius 1 is 1.50 bits per heavy atom. The first-order valence-electron chi connectivity index (χ1n) is 3.09. The zero-order valence-electron chi connectivity index (χ0n) is 6.50. The molecule has 1 aromatic rings. The number of hydrogen-bond acceptors (Lipinski definition) is 2. The van der Waals surface area contributed by atoms with Crippen LogP contribution < -0.4 is 11.5 Å². The zero-order valence-corrected chi connectivity index (χ0v) is 6.50. The lowest BCUT2D eigenvalue weighted by molar-refractivity contribution is 0.719. The first-order valence-corrected chi connectivity index (χ1v) is 3.09. The van der Waals surface area contributed by atoms with E-state index in [0.29, 0.717) is 0 Å². The molecule has 0 saturated heterocycles. The molecule has 4 nitrogen and oxygen atoms in total. The van der Waals surface area contributed by atoms with Crippen LogP contribution in [0.15, 0.2) is 11.3 Å². The number of aryl methyl sites for hydroxylation is 2. The summed E-state index contributed by atoms with van der Waals surface area (Å²) in [4.78, 5) is 0. The van der Waals surface area contributed by atoms with Gasteiger partial charge in [-0.1, -0.05) is 0 Å². The molecule has 0 amide bonds. The van der Waals surface area contributed by atoms with E-state index in [0.717, 1.165) is 11.3 Å². The number of aromatic nitrogens is 2. The molecule has 0 aromatic carbocycles. The number of rotatable bonds is 0. The molecule has 1 heterocycles. The van der Waals surface area contributed by atoms with Crippen LogP contribution in [0.25, 0.3) is 0 Å². The van der Waals surface area contributed by atoms with Gasteiger partial charge >= 0.3 is 0 Å². The van der Waals surface area contributed by atoms with Crippen LogP contribution in [0, 0.1) is 6.92 Å². The Kier molecular flexibility index (Phi) is 1.53. The van der Waals surface area contributed by atoms with Crippen molar-refractivity contribution >= 4 is 0 Å². The smallest absolute Gasteiger partial charge is 0.226 e. The van der Waals surface area contributed by atoms with Gasteiger partial charge in [0.05, 0.1) is 0 Å². The van der Waals surface area contributed by atoms with Crippen molar-refractivity contribution in [2.75, 3.05) is 0 Å². The topological polar surface area (TPSA) is 48.2 Å². The minimum absolute atomic E-state index is 0.775. The maximum absolute atomic E-state index is 5.15. The number of nitrogens with zero attached hydrogens (tertiary/aromatic N) is 3. The van der Waals surface area contributed by atoms with Gasteiger partial charge in [0.1, 0.15) is 0 Å². The molecule has 0 spiro atoms. The van der Waals surface area contributed by atoms with Crippen molar-refractivity contribution in [3.05, 3.63) is 17.5 Å². The van der Waals surface area contributed by atoms with E-state index in [1.54, 1.807) is 0 Å².